The lowest BCUT2D eigenvalue weighted by Crippen LogP contribution is -2.39. The second-order valence-corrected chi connectivity index (χ2v) is 5.50. The highest BCUT2D eigenvalue weighted by Crippen LogP contribution is 2.37. The van der Waals surface area contributed by atoms with E-state index in [1.54, 1.807) is 11.8 Å². The van der Waals surface area contributed by atoms with Gasteiger partial charge in [-0.05, 0) is 30.9 Å². The first-order valence-electron chi connectivity index (χ1n) is 6.27. The van der Waals surface area contributed by atoms with Crippen LogP contribution in [0.2, 0.25) is 5.02 Å². The average molecular weight is 299 g/mol. The van der Waals surface area contributed by atoms with E-state index in [2.05, 4.69) is 0 Å². The van der Waals surface area contributed by atoms with E-state index >= 15 is 0 Å². The molecule has 1 aromatic rings. The van der Waals surface area contributed by atoms with Gasteiger partial charge < -0.3 is 10.0 Å². The van der Waals surface area contributed by atoms with Crippen LogP contribution in [0.15, 0.2) is 12.1 Å². The summed E-state index contributed by atoms with van der Waals surface area (Å²) >= 11 is 5.92. The molecular formula is C13H15ClN2O4. The van der Waals surface area contributed by atoms with E-state index in [0.717, 1.165) is 6.42 Å². The summed E-state index contributed by atoms with van der Waals surface area (Å²) in [5.41, 5.74) is 1.14. The lowest BCUT2D eigenvalue weighted by molar-refractivity contribution is -0.384. The van der Waals surface area contributed by atoms with Crippen molar-refractivity contribution in [3.8, 4) is 0 Å². The number of nitrogens with zero attached hydrogens (tertiary/aromatic N) is 2. The van der Waals surface area contributed by atoms with Crippen molar-refractivity contribution in [3.63, 3.8) is 0 Å². The molecule has 7 heteroatoms. The highest BCUT2D eigenvalue weighted by Gasteiger charge is 2.37. The molecule has 108 valence electrons. The van der Waals surface area contributed by atoms with Crippen LogP contribution >= 0.6 is 11.6 Å². The van der Waals surface area contributed by atoms with Crippen molar-refractivity contribution in [2.45, 2.75) is 26.3 Å². The molecule has 0 aromatic heterocycles. The highest BCUT2D eigenvalue weighted by molar-refractivity contribution is 6.33. The number of hydrogen-bond acceptors (Lipinski definition) is 4. The van der Waals surface area contributed by atoms with E-state index in [-0.39, 0.29) is 16.6 Å². The molecule has 2 atom stereocenters. The maximum absolute atomic E-state index is 11.4. The first kappa shape index (κ1) is 14.6. The molecule has 20 heavy (non-hydrogen) atoms. The minimum Gasteiger partial charge on any atom is -0.480 e. The maximum atomic E-state index is 11.4. The Bertz CT molecular complexity index is 576. The van der Waals surface area contributed by atoms with Crippen LogP contribution in [-0.2, 0) is 4.79 Å². The third-order valence-corrected chi connectivity index (χ3v) is 4.03. The van der Waals surface area contributed by atoms with Crippen LogP contribution in [0.1, 0.15) is 18.9 Å². The molecule has 1 aliphatic heterocycles. The van der Waals surface area contributed by atoms with Crippen molar-refractivity contribution in [1.29, 1.82) is 0 Å². The van der Waals surface area contributed by atoms with Gasteiger partial charge in [0.05, 0.1) is 4.92 Å². The van der Waals surface area contributed by atoms with E-state index in [0.29, 0.717) is 17.8 Å². The van der Waals surface area contributed by atoms with Gasteiger partial charge in [0.2, 0.25) is 0 Å². The Morgan fingerprint density at radius 3 is 2.75 bits per heavy atom. The van der Waals surface area contributed by atoms with E-state index in [1.165, 1.54) is 12.1 Å². The van der Waals surface area contributed by atoms with Gasteiger partial charge in [-0.15, -0.1) is 0 Å². The van der Waals surface area contributed by atoms with E-state index < -0.39 is 16.9 Å². The molecule has 1 aliphatic rings. The predicted molar refractivity (Wildman–Crippen MR) is 75.4 cm³/mol. The Labute approximate surface area is 121 Å². The molecule has 0 aliphatic carbocycles. The Hall–Kier alpha value is -1.82. The van der Waals surface area contributed by atoms with E-state index in [1.807, 2.05) is 6.92 Å². The summed E-state index contributed by atoms with van der Waals surface area (Å²) in [6, 6.07) is 2.26. The van der Waals surface area contributed by atoms with Crippen LogP contribution in [0, 0.1) is 23.0 Å². The number of aryl methyl sites for hydroxylation is 1. The van der Waals surface area contributed by atoms with Crippen LogP contribution < -0.4 is 4.90 Å². The first-order chi connectivity index (χ1) is 9.32. The molecule has 0 amide bonds. The summed E-state index contributed by atoms with van der Waals surface area (Å²) in [5.74, 6) is -0.857. The summed E-state index contributed by atoms with van der Waals surface area (Å²) < 4.78 is 0. The van der Waals surface area contributed by atoms with Crippen molar-refractivity contribution < 1.29 is 14.8 Å². The van der Waals surface area contributed by atoms with Gasteiger partial charge in [0, 0.05) is 18.3 Å². The zero-order valence-electron chi connectivity index (χ0n) is 11.2. The number of anilines is 1. The van der Waals surface area contributed by atoms with Gasteiger partial charge in [-0.2, -0.15) is 0 Å². The van der Waals surface area contributed by atoms with Crippen LogP contribution in [0.5, 0.6) is 0 Å². The molecule has 6 nitrogen and oxygen atoms in total. The SMILES string of the molecule is Cc1cc([N+](=O)[O-])c(Cl)cc1N1CCC(C)C1C(=O)O. The molecule has 0 bridgehead atoms. The fourth-order valence-corrected chi connectivity index (χ4v) is 2.93. The van der Waals surface area contributed by atoms with Crippen molar-refractivity contribution in [1.82, 2.24) is 0 Å². The maximum Gasteiger partial charge on any atom is 0.326 e. The van der Waals surface area contributed by atoms with Gasteiger partial charge in [-0.3, -0.25) is 10.1 Å². The normalized spacial score (nSPS) is 22.1. The van der Waals surface area contributed by atoms with Gasteiger partial charge in [0.25, 0.3) is 5.69 Å². The van der Waals surface area contributed by atoms with Crippen LogP contribution in [0.4, 0.5) is 11.4 Å². The van der Waals surface area contributed by atoms with Gasteiger partial charge in [-0.1, -0.05) is 18.5 Å². The highest BCUT2D eigenvalue weighted by atomic mass is 35.5. The van der Waals surface area contributed by atoms with Crippen molar-refractivity contribution in [2.75, 3.05) is 11.4 Å². The number of nitro groups is 1. The van der Waals surface area contributed by atoms with Crippen LogP contribution in [-0.4, -0.2) is 28.6 Å². The molecule has 0 spiro atoms. The number of aliphatic carboxylic acids is 1. The number of halogens is 1. The molecule has 0 radical (unpaired) electrons. The fraction of sp³-hybridized carbons (Fsp3) is 0.462. The van der Waals surface area contributed by atoms with Crippen LogP contribution in [0.25, 0.3) is 0 Å². The average Bonchev–Trinajstić information content (AvgIpc) is 2.73. The number of nitro benzene ring substituents is 1. The largest absolute Gasteiger partial charge is 0.480 e. The summed E-state index contributed by atoms with van der Waals surface area (Å²) in [7, 11) is 0. The first-order valence-corrected chi connectivity index (χ1v) is 6.64. The van der Waals surface area contributed by atoms with Gasteiger partial charge in [0.15, 0.2) is 0 Å². The summed E-state index contributed by atoms with van der Waals surface area (Å²) in [5, 5.41) is 20.2. The lowest BCUT2D eigenvalue weighted by atomic mass is 10.0. The van der Waals surface area contributed by atoms with E-state index in [4.69, 9.17) is 11.6 Å². The number of benzene rings is 1. The quantitative estimate of drug-likeness (QED) is 0.685. The third-order valence-electron chi connectivity index (χ3n) is 3.72. The Morgan fingerprint density at radius 1 is 1.55 bits per heavy atom. The Kier molecular flexibility index (Phi) is 3.85. The second-order valence-electron chi connectivity index (χ2n) is 5.09. The minimum atomic E-state index is -0.885. The minimum absolute atomic E-state index is 0.0271. The topological polar surface area (TPSA) is 83.7 Å². The van der Waals surface area contributed by atoms with E-state index in [9.17, 15) is 20.0 Å². The van der Waals surface area contributed by atoms with Gasteiger partial charge in [-0.25, -0.2) is 4.79 Å². The second kappa shape index (κ2) is 5.28. The van der Waals surface area contributed by atoms with Gasteiger partial charge >= 0.3 is 5.97 Å². The standard InChI is InChI=1S/C13H15ClN2O4/c1-7-3-4-15(12(7)13(17)18)10-6-9(14)11(16(19)20)5-8(10)2/h5-7,12H,3-4H2,1-2H3,(H,17,18). The molecule has 1 fully saturated rings. The van der Waals surface area contributed by atoms with Crippen molar-refractivity contribution >= 4 is 28.9 Å². The zero-order chi connectivity index (χ0) is 15.0. The number of hydrogen-bond donors (Lipinski definition) is 1. The van der Waals surface area contributed by atoms with Crippen molar-refractivity contribution in [2.24, 2.45) is 5.92 Å². The number of carbonyl (C=O) groups is 1. The molecule has 2 unspecified atom stereocenters. The lowest BCUT2D eigenvalue weighted by Gasteiger charge is -2.27. The fourth-order valence-electron chi connectivity index (χ4n) is 2.70. The molecule has 1 N–H and O–H groups in total. The number of rotatable bonds is 3. The molecule has 0 saturated carbocycles. The molecular weight excluding hydrogens is 284 g/mol. The monoisotopic (exact) mass is 298 g/mol. The van der Waals surface area contributed by atoms with Crippen molar-refractivity contribution in [3.05, 3.63) is 32.8 Å². The molecule has 1 saturated heterocycles. The smallest absolute Gasteiger partial charge is 0.326 e. The zero-order valence-corrected chi connectivity index (χ0v) is 11.9. The predicted octanol–water partition coefficient (Wildman–Crippen LogP) is 2.86. The number of carboxylic acids is 1. The summed E-state index contributed by atoms with van der Waals surface area (Å²) in [6.45, 7) is 4.22. The number of carboxylic acid groups (broad SMARTS) is 1. The molecule has 1 aromatic carbocycles. The van der Waals surface area contributed by atoms with Gasteiger partial charge in [0.1, 0.15) is 11.1 Å². The Morgan fingerprint density at radius 2 is 2.20 bits per heavy atom. The summed E-state index contributed by atoms with van der Waals surface area (Å²) in [4.78, 5) is 23.4. The summed E-state index contributed by atoms with van der Waals surface area (Å²) in [6.07, 6.45) is 0.769. The van der Waals surface area contributed by atoms with Crippen LogP contribution in [0.3, 0.4) is 0 Å². The molecule has 1 heterocycles. The molecule has 2 rings (SSSR count). The Balaban J connectivity index is 2.45. The third kappa shape index (κ3) is 2.43.